The topological polar surface area (TPSA) is 75.7 Å². The van der Waals surface area contributed by atoms with Gasteiger partial charge >= 0.3 is 0 Å². The van der Waals surface area contributed by atoms with Crippen molar-refractivity contribution in [2.45, 2.75) is 44.6 Å². The fraction of sp³-hybridized carbons (Fsp3) is 0.458. The van der Waals surface area contributed by atoms with Crippen LogP contribution in [-0.4, -0.2) is 38.3 Å². The number of nitrogens with one attached hydrogen (secondary N) is 1. The number of sulfonamides is 1. The minimum absolute atomic E-state index is 0.0308. The first-order valence-electron chi connectivity index (χ1n) is 11.0. The number of benzene rings is 2. The van der Waals surface area contributed by atoms with Crippen molar-refractivity contribution in [3.8, 4) is 5.75 Å². The first kappa shape index (κ1) is 24.6. The lowest BCUT2D eigenvalue weighted by atomic mass is 9.93. The van der Waals surface area contributed by atoms with Crippen molar-refractivity contribution < 1.29 is 17.9 Å². The van der Waals surface area contributed by atoms with Crippen LogP contribution in [0.2, 0.25) is 5.02 Å². The van der Waals surface area contributed by atoms with E-state index in [4.69, 9.17) is 16.3 Å². The molecule has 1 amide bonds. The van der Waals surface area contributed by atoms with Crippen molar-refractivity contribution in [3.05, 3.63) is 59.1 Å². The van der Waals surface area contributed by atoms with Crippen molar-refractivity contribution >= 4 is 27.5 Å². The number of carbonyl (C=O) groups excluding carboxylic acids is 1. The molecule has 0 spiro atoms. The summed E-state index contributed by atoms with van der Waals surface area (Å²) < 4.78 is 32.8. The smallest absolute Gasteiger partial charge is 0.243 e. The third-order valence-corrected chi connectivity index (χ3v) is 7.96. The van der Waals surface area contributed by atoms with Crippen molar-refractivity contribution in [1.82, 2.24) is 9.62 Å². The third-order valence-electron chi connectivity index (χ3n) is 5.79. The van der Waals surface area contributed by atoms with E-state index in [9.17, 15) is 13.2 Å². The molecule has 2 aromatic rings. The fourth-order valence-corrected chi connectivity index (χ4v) is 5.55. The predicted molar refractivity (Wildman–Crippen MR) is 126 cm³/mol. The maximum atomic E-state index is 13.0. The fourth-order valence-electron chi connectivity index (χ4n) is 3.96. The molecular formula is C24H31ClN2O4S. The number of ether oxygens (including phenoxy) is 1. The van der Waals surface area contributed by atoms with Gasteiger partial charge in [-0.15, -0.1) is 0 Å². The summed E-state index contributed by atoms with van der Waals surface area (Å²) in [5, 5.41) is 3.82. The molecule has 0 aliphatic carbocycles. The highest BCUT2D eigenvalue weighted by Gasteiger charge is 2.33. The Balaban J connectivity index is 1.61. The second kappa shape index (κ2) is 10.7. The Morgan fingerprint density at radius 1 is 1.09 bits per heavy atom. The largest absolute Gasteiger partial charge is 0.494 e. The number of rotatable bonds is 8. The maximum Gasteiger partial charge on any atom is 0.243 e. The van der Waals surface area contributed by atoms with E-state index in [1.54, 1.807) is 24.3 Å². The minimum atomic E-state index is -3.59. The number of hydrogen-bond donors (Lipinski definition) is 1. The number of hydrogen-bond acceptors (Lipinski definition) is 4. The van der Waals surface area contributed by atoms with Crippen LogP contribution >= 0.6 is 11.6 Å². The van der Waals surface area contributed by atoms with E-state index in [-0.39, 0.29) is 28.7 Å². The maximum absolute atomic E-state index is 13.0. The van der Waals surface area contributed by atoms with E-state index < -0.39 is 10.0 Å². The van der Waals surface area contributed by atoms with Gasteiger partial charge in [0.05, 0.1) is 17.5 Å². The highest BCUT2D eigenvalue weighted by molar-refractivity contribution is 7.89. The molecule has 0 saturated carbocycles. The zero-order chi connectivity index (χ0) is 23.3. The van der Waals surface area contributed by atoms with Gasteiger partial charge in [-0.25, -0.2) is 8.42 Å². The molecule has 32 heavy (non-hydrogen) atoms. The van der Waals surface area contributed by atoms with Gasteiger partial charge in [0, 0.05) is 24.0 Å². The highest BCUT2D eigenvalue weighted by Crippen LogP contribution is 2.28. The number of halogens is 1. The van der Waals surface area contributed by atoms with Crippen LogP contribution < -0.4 is 10.1 Å². The number of amides is 1. The van der Waals surface area contributed by atoms with Crippen molar-refractivity contribution in [2.75, 3.05) is 19.7 Å². The predicted octanol–water partition coefficient (Wildman–Crippen LogP) is 4.65. The molecule has 1 heterocycles. The summed E-state index contributed by atoms with van der Waals surface area (Å²) in [5.74, 6) is 0.606. The molecule has 0 aromatic heterocycles. The first-order valence-corrected chi connectivity index (χ1v) is 12.8. The molecule has 1 saturated heterocycles. The molecule has 0 bridgehead atoms. The van der Waals surface area contributed by atoms with Crippen LogP contribution in [0.15, 0.2) is 53.4 Å². The standard InChI is InChI=1S/C24H31ClN2O4S/c1-4-31-21-9-11-22(12-10-21)32(29,30)27-15-13-19(14-16-27)24(28)26-23(17(2)3)18-5-7-20(25)8-6-18/h5-12,17,19,23H,4,13-16H2,1-3H3,(H,26,28). The molecule has 3 rings (SSSR count). The van der Waals surface area contributed by atoms with Gasteiger partial charge in [-0.05, 0) is 67.6 Å². The SMILES string of the molecule is CCOc1ccc(S(=O)(=O)N2CCC(C(=O)NC(c3ccc(Cl)cc3)C(C)C)CC2)cc1. The van der Waals surface area contributed by atoms with Crippen LogP contribution in [0.1, 0.15) is 45.2 Å². The van der Waals surface area contributed by atoms with Crippen LogP contribution in [0.25, 0.3) is 0 Å². The van der Waals surface area contributed by atoms with Gasteiger partial charge in [0.1, 0.15) is 5.75 Å². The average molecular weight is 479 g/mol. The summed E-state index contributed by atoms with van der Waals surface area (Å²) in [6.07, 6.45) is 0.987. The molecular weight excluding hydrogens is 448 g/mol. The summed E-state index contributed by atoms with van der Waals surface area (Å²) in [6.45, 7) is 7.17. The first-order chi connectivity index (χ1) is 15.2. The van der Waals surface area contributed by atoms with Gasteiger partial charge in [-0.3, -0.25) is 4.79 Å². The van der Waals surface area contributed by atoms with Gasteiger partial charge < -0.3 is 10.1 Å². The summed E-state index contributed by atoms with van der Waals surface area (Å²) in [4.78, 5) is 13.2. The number of piperidine rings is 1. The molecule has 0 radical (unpaired) electrons. The van der Waals surface area contributed by atoms with Crippen LogP contribution in [-0.2, 0) is 14.8 Å². The average Bonchev–Trinajstić information content (AvgIpc) is 2.78. The van der Waals surface area contributed by atoms with Crippen molar-refractivity contribution in [2.24, 2.45) is 11.8 Å². The summed E-state index contributed by atoms with van der Waals surface area (Å²) >= 11 is 5.99. The Labute approximate surface area is 196 Å². The summed E-state index contributed by atoms with van der Waals surface area (Å²) in [5.41, 5.74) is 1.01. The second-order valence-electron chi connectivity index (χ2n) is 8.36. The Morgan fingerprint density at radius 2 is 1.69 bits per heavy atom. The van der Waals surface area contributed by atoms with Gasteiger partial charge in [-0.1, -0.05) is 37.6 Å². The molecule has 2 aromatic carbocycles. The monoisotopic (exact) mass is 478 g/mol. The molecule has 1 aliphatic heterocycles. The molecule has 8 heteroatoms. The zero-order valence-electron chi connectivity index (χ0n) is 18.8. The Hall–Kier alpha value is -2.09. The van der Waals surface area contributed by atoms with Crippen molar-refractivity contribution in [3.63, 3.8) is 0 Å². The van der Waals surface area contributed by atoms with Gasteiger partial charge in [0.15, 0.2) is 0 Å². The van der Waals surface area contributed by atoms with E-state index in [2.05, 4.69) is 19.2 Å². The number of nitrogens with zero attached hydrogens (tertiary/aromatic N) is 1. The molecule has 1 aliphatic rings. The normalized spacial score (nSPS) is 16.7. The molecule has 174 valence electrons. The van der Waals surface area contributed by atoms with Crippen LogP contribution in [0.4, 0.5) is 0 Å². The minimum Gasteiger partial charge on any atom is -0.494 e. The Bertz CT molecular complexity index is 999. The van der Waals surface area contributed by atoms with Crippen LogP contribution in [0.3, 0.4) is 0 Å². The lowest BCUT2D eigenvalue weighted by Gasteiger charge is -2.32. The molecule has 1 atom stereocenters. The van der Waals surface area contributed by atoms with Crippen LogP contribution in [0, 0.1) is 11.8 Å². The van der Waals surface area contributed by atoms with Gasteiger partial charge in [0.2, 0.25) is 15.9 Å². The van der Waals surface area contributed by atoms with E-state index in [1.165, 1.54) is 4.31 Å². The zero-order valence-corrected chi connectivity index (χ0v) is 20.3. The highest BCUT2D eigenvalue weighted by atomic mass is 35.5. The third kappa shape index (κ3) is 5.82. The van der Waals surface area contributed by atoms with Crippen molar-refractivity contribution in [1.29, 1.82) is 0 Å². The lowest BCUT2D eigenvalue weighted by Crippen LogP contribution is -2.44. The Morgan fingerprint density at radius 3 is 2.22 bits per heavy atom. The van der Waals surface area contributed by atoms with E-state index in [0.29, 0.717) is 43.3 Å². The molecule has 1 fully saturated rings. The molecule has 6 nitrogen and oxygen atoms in total. The summed E-state index contributed by atoms with van der Waals surface area (Å²) in [6, 6.07) is 13.9. The lowest BCUT2D eigenvalue weighted by molar-refractivity contribution is -0.127. The van der Waals surface area contributed by atoms with Gasteiger partial charge in [0.25, 0.3) is 0 Å². The van der Waals surface area contributed by atoms with Gasteiger partial charge in [-0.2, -0.15) is 4.31 Å². The summed E-state index contributed by atoms with van der Waals surface area (Å²) in [7, 11) is -3.59. The molecule has 1 unspecified atom stereocenters. The van der Waals surface area contributed by atoms with E-state index >= 15 is 0 Å². The van der Waals surface area contributed by atoms with E-state index in [0.717, 1.165) is 5.56 Å². The second-order valence-corrected chi connectivity index (χ2v) is 10.7. The molecule has 1 N–H and O–H groups in total. The quantitative estimate of drug-likeness (QED) is 0.599. The number of carbonyl (C=O) groups is 1. The van der Waals surface area contributed by atoms with Crippen LogP contribution in [0.5, 0.6) is 5.75 Å². The Kier molecular flexibility index (Phi) is 8.20. The van der Waals surface area contributed by atoms with E-state index in [1.807, 2.05) is 31.2 Å².